The van der Waals surface area contributed by atoms with Crippen LogP contribution in [-0.4, -0.2) is 40.1 Å². The Morgan fingerprint density at radius 2 is 1.46 bits per heavy atom. The van der Waals surface area contributed by atoms with Gasteiger partial charge in [-0.15, -0.1) is 4.83 Å². The first-order chi connectivity index (χ1) is 11.1. The molecule has 1 aromatic carbocycles. The maximum absolute atomic E-state index is 12.3. The molecule has 0 fully saturated rings. The van der Waals surface area contributed by atoms with Gasteiger partial charge in [0, 0.05) is 19.0 Å². The van der Waals surface area contributed by atoms with E-state index in [1.807, 2.05) is 4.83 Å². The van der Waals surface area contributed by atoms with E-state index < -0.39 is 26.0 Å². The molecule has 1 amide bonds. The quantitative estimate of drug-likeness (QED) is 0.647. The van der Waals surface area contributed by atoms with Gasteiger partial charge < -0.3 is 0 Å². The van der Waals surface area contributed by atoms with Crippen molar-refractivity contribution in [2.75, 3.05) is 13.1 Å². The summed E-state index contributed by atoms with van der Waals surface area (Å²) in [6, 6.07) is 4.82. The minimum Gasteiger partial charge on any atom is -0.277 e. The molecule has 0 heterocycles. The SMILES string of the molecule is CCN(CC)S(=O)(=O)c1ccc(S(=O)(=O)NNC(=O)C(C)C)cc1. The maximum atomic E-state index is 12.3. The van der Waals surface area contributed by atoms with Crippen LogP contribution in [0.2, 0.25) is 0 Å². The summed E-state index contributed by atoms with van der Waals surface area (Å²) in [5.74, 6) is -0.853. The zero-order chi connectivity index (χ0) is 18.5. The minimum absolute atomic E-state index is 0.0105. The molecule has 0 saturated heterocycles. The number of nitrogens with one attached hydrogen (secondary N) is 2. The lowest BCUT2D eigenvalue weighted by Crippen LogP contribution is -2.43. The number of sulfonamides is 2. The highest BCUT2D eigenvalue weighted by atomic mass is 32.2. The summed E-state index contributed by atoms with van der Waals surface area (Å²) in [6.45, 7) is 7.33. The molecule has 0 aliphatic carbocycles. The number of nitrogens with zero attached hydrogens (tertiary/aromatic N) is 1. The molecule has 0 unspecified atom stereocenters. The van der Waals surface area contributed by atoms with Crippen LogP contribution in [0.25, 0.3) is 0 Å². The van der Waals surface area contributed by atoms with Gasteiger partial charge in [0.25, 0.3) is 10.0 Å². The second-order valence-corrected chi connectivity index (χ2v) is 8.93. The second-order valence-electron chi connectivity index (χ2n) is 5.31. The Morgan fingerprint density at radius 3 is 1.88 bits per heavy atom. The van der Waals surface area contributed by atoms with Crippen molar-refractivity contribution in [1.29, 1.82) is 0 Å². The molecule has 10 heteroatoms. The molecule has 2 N–H and O–H groups in total. The lowest BCUT2D eigenvalue weighted by atomic mass is 10.2. The molecule has 0 aliphatic rings. The average Bonchev–Trinajstić information content (AvgIpc) is 2.53. The van der Waals surface area contributed by atoms with Crippen molar-refractivity contribution in [3.05, 3.63) is 24.3 Å². The summed E-state index contributed by atoms with van der Waals surface area (Å²) in [5.41, 5.74) is 2.10. The summed E-state index contributed by atoms with van der Waals surface area (Å²) in [4.78, 5) is 13.3. The van der Waals surface area contributed by atoms with Crippen LogP contribution in [-0.2, 0) is 24.8 Å². The molecule has 0 spiro atoms. The first-order valence-corrected chi connectivity index (χ1v) is 10.4. The smallest absolute Gasteiger partial charge is 0.257 e. The van der Waals surface area contributed by atoms with Gasteiger partial charge in [0.05, 0.1) is 9.79 Å². The summed E-state index contributed by atoms with van der Waals surface area (Å²) in [6.07, 6.45) is 0. The van der Waals surface area contributed by atoms with Crippen LogP contribution >= 0.6 is 0 Å². The van der Waals surface area contributed by atoms with Gasteiger partial charge in [0.1, 0.15) is 0 Å². The summed E-state index contributed by atoms with van der Waals surface area (Å²) in [5, 5.41) is 0. The van der Waals surface area contributed by atoms with Crippen LogP contribution in [0.1, 0.15) is 27.7 Å². The number of rotatable bonds is 8. The molecule has 0 saturated carbocycles. The van der Waals surface area contributed by atoms with Gasteiger partial charge in [-0.1, -0.05) is 27.7 Å². The van der Waals surface area contributed by atoms with Gasteiger partial charge in [-0.05, 0) is 24.3 Å². The van der Waals surface area contributed by atoms with Crippen molar-refractivity contribution in [1.82, 2.24) is 14.6 Å². The normalized spacial score (nSPS) is 12.6. The predicted molar refractivity (Wildman–Crippen MR) is 89.9 cm³/mol. The number of carbonyl (C=O) groups is 1. The first kappa shape index (κ1) is 20.6. The van der Waals surface area contributed by atoms with Crippen molar-refractivity contribution in [2.24, 2.45) is 5.92 Å². The Morgan fingerprint density at radius 1 is 1.00 bits per heavy atom. The highest BCUT2D eigenvalue weighted by Gasteiger charge is 2.23. The van der Waals surface area contributed by atoms with Crippen molar-refractivity contribution >= 4 is 26.0 Å². The van der Waals surface area contributed by atoms with E-state index in [2.05, 4.69) is 5.43 Å². The lowest BCUT2D eigenvalue weighted by Gasteiger charge is -2.18. The van der Waals surface area contributed by atoms with Crippen LogP contribution < -0.4 is 10.3 Å². The number of carbonyl (C=O) groups excluding carboxylic acids is 1. The summed E-state index contributed by atoms with van der Waals surface area (Å²) >= 11 is 0. The highest BCUT2D eigenvalue weighted by molar-refractivity contribution is 7.89. The number of hydrogen-bond acceptors (Lipinski definition) is 5. The topological polar surface area (TPSA) is 113 Å². The predicted octanol–water partition coefficient (Wildman–Crippen LogP) is 0.683. The summed E-state index contributed by atoms with van der Waals surface area (Å²) in [7, 11) is -7.62. The molecule has 0 aromatic heterocycles. The fraction of sp³-hybridized carbons (Fsp3) is 0.500. The van der Waals surface area contributed by atoms with Crippen molar-refractivity contribution in [2.45, 2.75) is 37.5 Å². The van der Waals surface area contributed by atoms with Crippen LogP contribution in [0.4, 0.5) is 0 Å². The van der Waals surface area contributed by atoms with Gasteiger partial charge in [-0.2, -0.15) is 4.31 Å². The van der Waals surface area contributed by atoms with Gasteiger partial charge in [0.15, 0.2) is 0 Å². The number of benzene rings is 1. The molecular formula is C14H23N3O5S2. The van der Waals surface area contributed by atoms with Crippen LogP contribution in [0.5, 0.6) is 0 Å². The fourth-order valence-electron chi connectivity index (χ4n) is 1.82. The number of hydrazine groups is 1. The van der Waals surface area contributed by atoms with Gasteiger partial charge in [-0.25, -0.2) is 16.8 Å². The molecule has 0 aliphatic heterocycles. The molecule has 1 rings (SSSR count). The van der Waals surface area contributed by atoms with E-state index in [9.17, 15) is 21.6 Å². The van der Waals surface area contributed by atoms with Gasteiger partial charge in [0.2, 0.25) is 15.9 Å². The molecule has 136 valence electrons. The van der Waals surface area contributed by atoms with E-state index in [1.54, 1.807) is 27.7 Å². The van der Waals surface area contributed by atoms with E-state index in [1.165, 1.54) is 28.6 Å². The monoisotopic (exact) mass is 377 g/mol. The largest absolute Gasteiger partial charge is 0.277 e. The zero-order valence-corrected chi connectivity index (χ0v) is 15.7. The molecule has 24 heavy (non-hydrogen) atoms. The second kappa shape index (κ2) is 8.06. The maximum Gasteiger partial charge on any atom is 0.257 e. The summed E-state index contributed by atoms with van der Waals surface area (Å²) < 4.78 is 50.1. The van der Waals surface area contributed by atoms with Gasteiger partial charge >= 0.3 is 0 Å². The zero-order valence-electron chi connectivity index (χ0n) is 14.1. The van der Waals surface area contributed by atoms with Crippen molar-refractivity contribution < 1.29 is 21.6 Å². The fourth-order valence-corrected chi connectivity index (χ4v) is 4.13. The minimum atomic E-state index is -3.97. The van der Waals surface area contributed by atoms with E-state index in [-0.39, 0.29) is 15.7 Å². The number of amides is 1. The lowest BCUT2D eigenvalue weighted by molar-refractivity contribution is -0.124. The third-order valence-corrected chi connectivity index (χ3v) is 6.64. The molecule has 8 nitrogen and oxygen atoms in total. The number of hydrogen-bond donors (Lipinski definition) is 2. The Labute approximate surface area is 143 Å². The van der Waals surface area contributed by atoms with E-state index in [0.717, 1.165) is 0 Å². The molecule has 1 aromatic rings. The van der Waals surface area contributed by atoms with E-state index in [0.29, 0.717) is 13.1 Å². The Kier molecular flexibility index (Phi) is 6.90. The molecule has 0 atom stereocenters. The molecular weight excluding hydrogens is 354 g/mol. The highest BCUT2D eigenvalue weighted by Crippen LogP contribution is 2.18. The first-order valence-electron chi connectivity index (χ1n) is 7.48. The van der Waals surface area contributed by atoms with Crippen molar-refractivity contribution in [3.8, 4) is 0 Å². The Balaban J connectivity index is 3.00. The third-order valence-electron chi connectivity index (χ3n) is 3.31. The molecule has 0 radical (unpaired) electrons. The van der Waals surface area contributed by atoms with Crippen LogP contribution in [0.3, 0.4) is 0 Å². The van der Waals surface area contributed by atoms with Crippen LogP contribution in [0.15, 0.2) is 34.1 Å². The van der Waals surface area contributed by atoms with E-state index >= 15 is 0 Å². The Hall–Kier alpha value is -1.49. The average molecular weight is 377 g/mol. The van der Waals surface area contributed by atoms with Crippen LogP contribution in [0, 0.1) is 5.92 Å². The Bertz CT molecular complexity index is 767. The molecule has 0 bridgehead atoms. The van der Waals surface area contributed by atoms with Crippen molar-refractivity contribution in [3.63, 3.8) is 0 Å². The van der Waals surface area contributed by atoms with Gasteiger partial charge in [-0.3, -0.25) is 10.2 Å². The third kappa shape index (κ3) is 4.76. The van der Waals surface area contributed by atoms with E-state index in [4.69, 9.17) is 0 Å². The standard InChI is InChI=1S/C14H23N3O5S2/c1-5-17(6-2)24(21,22)13-9-7-12(8-10-13)23(19,20)16-15-14(18)11(3)4/h7-11,16H,5-6H2,1-4H3,(H,15,18).